The molecular weight excluding hydrogens is 483 g/mol. The minimum atomic E-state index is -4.82. The van der Waals surface area contributed by atoms with Crippen LogP contribution in [-0.4, -0.2) is 50.0 Å². The molecule has 3 aliphatic carbocycles. The number of carbonyl (C=O) groups excluding carboxylic acids is 2. The van der Waals surface area contributed by atoms with Gasteiger partial charge in [0.25, 0.3) is 5.91 Å². The first-order valence-corrected chi connectivity index (χ1v) is 11.5. The van der Waals surface area contributed by atoms with Crippen molar-refractivity contribution in [1.29, 1.82) is 5.41 Å². The summed E-state index contributed by atoms with van der Waals surface area (Å²) in [5.41, 5.74) is -1.49. The Morgan fingerprint density at radius 1 is 1.22 bits per heavy atom. The molecule has 1 aliphatic heterocycles. The number of carbonyl (C=O) groups is 2. The molecule has 4 aliphatic rings. The van der Waals surface area contributed by atoms with Crippen molar-refractivity contribution in [2.45, 2.75) is 49.9 Å². The number of Topliss-reactive ketones (excluding diaryl/α,β-unsaturated/α-hetero) is 1. The van der Waals surface area contributed by atoms with Crippen LogP contribution in [0.3, 0.4) is 0 Å². The van der Waals surface area contributed by atoms with Gasteiger partial charge in [0.2, 0.25) is 5.78 Å². The number of benzene rings is 1. The van der Waals surface area contributed by atoms with E-state index < -0.39 is 93.0 Å². The van der Waals surface area contributed by atoms with Crippen LogP contribution in [0.25, 0.3) is 5.76 Å². The number of phenols is 1. The van der Waals surface area contributed by atoms with E-state index in [1.807, 2.05) is 0 Å². The fraction of sp³-hybridized carbons (Fsp3) is 0.458. The Hall–Kier alpha value is -3.38. The summed E-state index contributed by atoms with van der Waals surface area (Å²) in [7, 11) is 0. The van der Waals surface area contributed by atoms with Crippen molar-refractivity contribution in [2.24, 2.45) is 17.6 Å². The highest BCUT2D eigenvalue weighted by molar-refractivity contribution is 6.33. The fourth-order valence-corrected chi connectivity index (χ4v) is 6.33. The van der Waals surface area contributed by atoms with Gasteiger partial charge >= 0.3 is 6.18 Å². The number of rotatable bonds is 2. The number of phenolic OH excluding ortho intramolecular Hbond substituents is 1. The number of aliphatic hydroxyl groups is 3. The first-order valence-electron chi connectivity index (χ1n) is 11.5. The van der Waals surface area contributed by atoms with E-state index in [0.717, 1.165) is 6.07 Å². The molecule has 1 aromatic carbocycles. The highest BCUT2D eigenvalue weighted by Crippen LogP contribution is 2.54. The molecule has 192 valence electrons. The number of halogens is 3. The molecule has 1 heterocycles. The molecule has 9 nitrogen and oxygen atoms in total. The molecule has 0 spiro atoms. The number of fused-ring (bicyclic) bond motifs is 3. The molecule has 8 N–H and O–H groups in total. The van der Waals surface area contributed by atoms with Gasteiger partial charge in [-0.1, -0.05) is 0 Å². The van der Waals surface area contributed by atoms with Gasteiger partial charge in [0, 0.05) is 24.0 Å². The summed E-state index contributed by atoms with van der Waals surface area (Å²) in [6.45, 7) is 0.517. The third-order valence-corrected chi connectivity index (χ3v) is 7.87. The highest BCUT2D eigenvalue weighted by atomic mass is 19.4. The maximum absolute atomic E-state index is 14.4. The molecule has 2 fully saturated rings. The second-order valence-corrected chi connectivity index (χ2v) is 9.82. The van der Waals surface area contributed by atoms with Crippen LogP contribution in [0.1, 0.15) is 54.0 Å². The number of allylic oxidation sites excluding steroid dienone is 1. The minimum Gasteiger partial charge on any atom is -0.511 e. The topological polar surface area (TPSA) is 177 Å². The van der Waals surface area contributed by atoms with E-state index in [1.165, 1.54) is 0 Å². The van der Waals surface area contributed by atoms with E-state index in [4.69, 9.17) is 11.1 Å². The molecule has 0 radical (unpaired) electrons. The van der Waals surface area contributed by atoms with Crippen molar-refractivity contribution in [3.8, 4) is 5.75 Å². The van der Waals surface area contributed by atoms with E-state index in [2.05, 4.69) is 5.32 Å². The summed E-state index contributed by atoms with van der Waals surface area (Å²) in [6.07, 6.45) is -4.66. The lowest BCUT2D eigenvalue weighted by molar-refractivity contribution is -0.139. The van der Waals surface area contributed by atoms with Gasteiger partial charge in [-0.15, -0.1) is 0 Å². The standard InChI is InChI=1S/C24H24F3N3O6/c25-24(26,27)18-10(12-2-1-3-30-12)7-14(32)16-11(18)5-8-4-9-6-13(31)17(22(29)35)20(28)23(9,36)21(34)15(8)19(16)33/h7-9,12,28,30-33,36H,1-6H2,(H2,29,35)/t8-,9+,12?,23-/m1/s1. The zero-order valence-electron chi connectivity index (χ0n) is 18.9. The van der Waals surface area contributed by atoms with Gasteiger partial charge in [0.15, 0.2) is 5.60 Å². The number of amides is 1. The number of aliphatic hydroxyl groups excluding tert-OH is 2. The summed E-state index contributed by atoms with van der Waals surface area (Å²) in [4.78, 5) is 25.3. The van der Waals surface area contributed by atoms with E-state index in [9.17, 15) is 43.2 Å². The zero-order chi connectivity index (χ0) is 26.3. The Morgan fingerprint density at radius 3 is 2.50 bits per heavy atom. The van der Waals surface area contributed by atoms with Crippen molar-refractivity contribution in [3.63, 3.8) is 0 Å². The van der Waals surface area contributed by atoms with E-state index in [1.54, 1.807) is 0 Å². The zero-order valence-corrected chi connectivity index (χ0v) is 18.9. The van der Waals surface area contributed by atoms with Crippen molar-refractivity contribution < 1.29 is 43.2 Å². The lowest BCUT2D eigenvalue weighted by Gasteiger charge is -2.47. The Labute approximate surface area is 202 Å². The number of nitrogens with one attached hydrogen (secondary N) is 2. The van der Waals surface area contributed by atoms with Crippen LogP contribution >= 0.6 is 0 Å². The fourth-order valence-electron chi connectivity index (χ4n) is 6.33. The second-order valence-electron chi connectivity index (χ2n) is 9.82. The molecule has 1 saturated heterocycles. The van der Waals surface area contributed by atoms with Crippen LogP contribution < -0.4 is 11.1 Å². The summed E-state index contributed by atoms with van der Waals surface area (Å²) < 4.78 is 43.1. The van der Waals surface area contributed by atoms with Crippen LogP contribution in [0, 0.1) is 17.2 Å². The molecular formula is C24H24F3N3O6. The summed E-state index contributed by atoms with van der Waals surface area (Å²) in [5.74, 6) is -6.65. The first kappa shape index (κ1) is 24.3. The third-order valence-electron chi connectivity index (χ3n) is 7.87. The van der Waals surface area contributed by atoms with Crippen LogP contribution in [0.2, 0.25) is 0 Å². The summed E-state index contributed by atoms with van der Waals surface area (Å²) in [6, 6.07) is 0.304. The van der Waals surface area contributed by atoms with Crippen molar-refractivity contribution in [1.82, 2.24) is 5.32 Å². The van der Waals surface area contributed by atoms with Gasteiger partial charge in [-0.25, -0.2) is 0 Å². The van der Waals surface area contributed by atoms with Gasteiger partial charge in [-0.05, 0) is 55.3 Å². The Balaban J connectivity index is 1.71. The summed E-state index contributed by atoms with van der Waals surface area (Å²) >= 11 is 0. The predicted octanol–water partition coefficient (Wildman–Crippen LogP) is 2.32. The predicted molar refractivity (Wildman–Crippen MR) is 119 cm³/mol. The monoisotopic (exact) mass is 507 g/mol. The van der Waals surface area contributed by atoms with Crippen LogP contribution in [0.5, 0.6) is 5.75 Å². The molecule has 1 aromatic rings. The maximum Gasteiger partial charge on any atom is 0.417 e. The largest absolute Gasteiger partial charge is 0.511 e. The lowest BCUT2D eigenvalue weighted by atomic mass is 9.58. The summed E-state index contributed by atoms with van der Waals surface area (Å²) in [5, 5.41) is 54.6. The van der Waals surface area contributed by atoms with Crippen molar-refractivity contribution in [2.75, 3.05) is 6.54 Å². The van der Waals surface area contributed by atoms with Gasteiger partial charge < -0.3 is 36.9 Å². The smallest absolute Gasteiger partial charge is 0.417 e. The molecule has 4 atom stereocenters. The molecule has 12 heteroatoms. The van der Waals surface area contributed by atoms with E-state index in [0.29, 0.717) is 19.4 Å². The molecule has 36 heavy (non-hydrogen) atoms. The normalized spacial score (nSPS) is 30.3. The highest BCUT2D eigenvalue weighted by Gasteiger charge is 2.60. The molecule has 1 amide bonds. The van der Waals surface area contributed by atoms with Crippen molar-refractivity contribution >= 4 is 23.2 Å². The Morgan fingerprint density at radius 2 is 1.92 bits per heavy atom. The van der Waals surface area contributed by atoms with E-state index >= 15 is 0 Å². The number of alkyl halides is 3. The Bertz CT molecular complexity index is 1290. The SMILES string of the molecule is N=C1C(C(N)=O)=C(O)C[C@@H]2C[C@@H]3Cc4c(c(O)cc(C5CCCN5)c4C(F)(F)F)C(O)=C3C(=O)[C@]12O. The number of primary amides is 1. The average molecular weight is 507 g/mol. The van der Waals surface area contributed by atoms with Gasteiger partial charge in [-0.3, -0.25) is 9.59 Å². The van der Waals surface area contributed by atoms with Gasteiger partial charge in [0.05, 0.1) is 16.8 Å². The van der Waals surface area contributed by atoms with Gasteiger partial charge in [0.1, 0.15) is 22.8 Å². The number of aromatic hydroxyl groups is 1. The molecule has 1 unspecified atom stereocenters. The maximum atomic E-state index is 14.4. The molecule has 0 aromatic heterocycles. The number of hydrogen-bond acceptors (Lipinski definition) is 8. The number of ketones is 1. The molecule has 1 saturated carbocycles. The third kappa shape index (κ3) is 3.20. The van der Waals surface area contributed by atoms with E-state index in [-0.39, 0.29) is 24.0 Å². The van der Waals surface area contributed by atoms with Crippen LogP contribution in [-0.2, 0) is 22.2 Å². The number of hydrogen-bond donors (Lipinski definition) is 7. The second kappa shape index (κ2) is 7.81. The minimum absolute atomic E-state index is 0.141. The average Bonchev–Trinajstić information content (AvgIpc) is 3.29. The molecule has 5 rings (SSSR count). The molecule has 0 bridgehead atoms. The van der Waals surface area contributed by atoms with Crippen LogP contribution in [0.15, 0.2) is 23.0 Å². The quantitative estimate of drug-likeness (QED) is 0.321. The first-order chi connectivity index (χ1) is 16.8. The van der Waals surface area contributed by atoms with Crippen molar-refractivity contribution in [3.05, 3.63) is 45.2 Å². The Kier molecular flexibility index (Phi) is 5.27. The number of nitrogens with two attached hydrogens (primary N) is 1. The van der Waals surface area contributed by atoms with Gasteiger partial charge in [-0.2, -0.15) is 13.2 Å². The lowest BCUT2D eigenvalue weighted by Crippen LogP contribution is -2.61. The van der Waals surface area contributed by atoms with Crippen LogP contribution in [0.4, 0.5) is 13.2 Å².